The van der Waals surface area contributed by atoms with Crippen LogP contribution in [0.1, 0.15) is 37.3 Å². The number of alkyl halides is 3. The van der Waals surface area contributed by atoms with Crippen LogP contribution in [0, 0.1) is 6.92 Å². The summed E-state index contributed by atoms with van der Waals surface area (Å²) in [4.78, 5) is 0. The molecule has 0 atom stereocenters. The zero-order valence-corrected chi connectivity index (χ0v) is 15.2. The van der Waals surface area contributed by atoms with E-state index in [2.05, 4.69) is 0 Å². The van der Waals surface area contributed by atoms with Crippen LogP contribution in [-0.4, -0.2) is 31.1 Å². The highest BCUT2D eigenvalue weighted by molar-refractivity contribution is 6.30. The molecule has 0 fully saturated rings. The van der Waals surface area contributed by atoms with Crippen molar-refractivity contribution in [2.45, 2.75) is 45.7 Å². The molecular formula is C18H24ClF3O3. The molecule has 0 aromatic heterocycles. The highest BCUT2D eigenvalue weighted by Crippen LogP contribution is 2.29. The van der Waals surface area contributed by atoms with Gasteiger partial charge in [0.05, 0.1) is 13.2 Å². The number of phenols is 1. The van der Waals surface area contributed by atoms with Gasteiger partial charge in [-0.15, -0.1) is 0 Å². The number of rotatable bonds is 10. The molecule has 0 saturated heterocycles. The number of halogens is 4. The number of aryl methyl sites for hydroxylation is 2. The lowest BCUT2D eigenvalue weighted by molar-refractivity contribution is -0.0848. The van der Waals surface area contributed by atoms with Gasteiger partial charge in [0.25, 0.3) is 0 Å². The maximum Gasteiger partial charge on any atom is 0.426 e. The quantitative estimate of drug-likeness (QED) is 0.543. The molecular weight excluding hydrogens is 357 g/mol. The molecule has 0 radical (unpaired) electrons. The predicted octanol–water partition coefficient (Wildman–Crippen LogP) is 5.51. The maximum atomic E-state index is 12.1. The van der Waals surface area contributed by atoms with E-state index in [1.54, 1.807) is 12.1 Å². The van der Waals surface area contributed by atoms with Gasteiger partial charge in [-0.2, -0.15) is 13.2 Å². The Morgan fingerprint density at radius 1 is 1.20 bits per heavy atom. The van der Waals surface area contributed by atoms with Gasteiger partial charge in [-0.25, -0.2) is 0 Å². The lowest BCUT2D eigenvalue weighted by Gasteiger charge is -2.14. The minimum atomic E-state index is -4.48. The van der Waals surface area contributed by atoms with E-state index >= 15 is 0 Å². The van der Waals surface area contributed by atoms with Crippen molar-refractivity contribution >= 4 is 11.6 Å². The Kier molecular flexibility index (Phi) is 9.14. The molecule has 0 bridgehead atoms. The van der Waals surface area contributed by atoms with E-state index in [4.69, 9.17) is 21.1 Å². The van der Waals surface area contributed by atoms with Crippen LogP contribution < -0.4 is 4.74 Å². The fourth-order valence-electron chi connectivity index (χ4n) is 2.26. The fraction of sp³-hybridized carbons (Fsp3) is 0.556. The normalized spacial score (nSPS) is 12.5. The molecule has 142 valence electrons. The zero-order valence-electron chi connectivity index (χ0n) is 14.5. The molecule has 0 unspecified atom stereocenters. The lowest BCUT2D eigenvalue weighted by atomic mass is 10.1. The van der Waals surface area contributed by atoms with Gasteiger partial charge in [0.15, 0.2) is 0 Å². The van der Waals surface area contributed by atoms with Crippen LogP contribution in [0.25, 0.3) is 0 Å². The summed E-state index contributed by atoms with van der Waals surface area (Å²) in [5, 5.41) is 8.48. The average molecular weight is 381 g/mol. The molecule has 7 heteroatoms. The van der Waals surface area contributed by atoms with Gasteiger partial charge in [0.1, 0.15) is 16.5 Å². The number of phenolic OH excluding ortho intramolecular Hbond substituents is 1. The Morgan fingerprint density at radius 3 is 2.52 bits per heavy atom. The molecule has 0 aliphatic rings. The Morgan fingerprint density at radius 2 is 1.88 bits per heavy atom. The standard InChI is InChI=1S/C18H24ClF3O3/c1-3-14-12-15(23)11-13(2)17(14)25-10-5-4-8-24-9-6-7-16(19)18(20,21)22/h7,11-12,23H,3-6,8-10H2,1-2H3. The fourth-order valence-corrected chi connectivity index (χ4v) is 2.37. The van der Waals surface area contributed by atoms with E-state index in [0.717, 1.165) is 42.2 Å². The highest BCUT2D eigenvalue weighted by Gasteiger charge is 2.31. The first-order valence-electron chi connectivity index (χ1n) is 8.21. The van der Waals surface area contributed by atoms with Crippen molar-refractivity contribution in [3.05, 3.63) is 34.4 Å². The van der Waals surface area contributed by atoms with E-state index in [9.17, 15) is 18.3 Å². The van der Waals surface area contributed by atoms with Crippen LogP contribution >= 0.6 is 11.6 Å². The minimum Gasteiger partial charge on any atom is -0.508 e. The first kappa shape index (κ1) is 21.6. The number of allylic oxidation sites excluding steroid dienone is 1. The monoisotopic (exact) mass is 380 g/mol. The van der Waals surface area contributed by atoms with Crippen LogP contribution in [0.2, 0.25) is 0 Å². The molecule has 0 saturated carbocycles. The van der Waals surface area contributed by atoms with Crippen LogP contribution in [0.5, 0.6) is 11.5 Å². The molecule has 0 spiro atoms. The van der Waals surface area contributed by atoms with E-state index in [1.807, 2.05) is 13.8 Å². The second-order valence-corrected chi connectivity index (χ2v) is 6.02. The summed E-state index contributed by atoms with van der Waals surface area (Å²) in [7, 11) is 0. The van der Waals surface area contributed by atoms with Crippen LogP contribution in [0.4, 0.5) is 13.2 Å². The molecule has 25 heavy (non-hydrogen) atoms. The molecule has 1 rings (SSSR count). The zero-order chi connectivity index (χ0) is 18.9. The van der Waals surface area contributed by atoms with Gasteiger partial charge < -0.3 is 14.6 Å². The summed E-state index contributed by atoms with van der Waals surface area (Å²) in [6.07, 6.45) is -1.16. The van der Waals surface area contributed by atoms with E-state index in [-0.39, 0.29) is 18.8 Å². The SMILES string of the molecule is CCc1cc(O)cc(C)c1OCCCCOCCC=C(Cl)C(F)(F)F. The topological polar surface area (TPSA) is 38.7 Å². The molecule has 3 nitrogen and oxygen atoms in total. The molecule has 0 aliphatic carbocycles. The first-order chi connectivity index (χ1) is 11.8. The van der Waals surface area contributed by atoms with E-state index in [0.29, 0.717) is 13.2 Å². The third-order valence-corrected chi connectivity index (χ3v) is 3.87. The summed E-state index contributed by atoms with van der Waals surface area (Å²) in [5.74, 6) is 1.03. The molecule has 0 amide bonds. The summed E-state index contributed by atoms with van der Waals surface area (Å²) < 4.78 is 47.5. The minimum absolute atomic E-state index is 0.126. The van der Waals surface area contributed by atoms with Crippen molar-refractivity contribution in [3.8, 4) is 11.5 Å². The summed E-state index contributed by atoms with van der Waals surface area (Å²) in [6.45, 7) is 5.05. The highest BCUT2D eigenvalue weighted by atomic mass is 35.5. The Hall–Kier alpha value is -1.40. The van der Waals surface area contributed by atoms with E-state index in [1.165, 1.54) is 0 Å². The molecule has 0 heterocycles. The van der Waals surface area contributed by atoms with Gasteiger partial charge in [-0.3, -0.25) is 0 Å². The van der Waals surface area contributed by atoms with Gasteiger partial charge in [-0.1, -0.05) is 24.6 Å². The van der Waals surface area contributed by atoms with Crippen molar-refractivity contribution < 1.29 is 27.8 Å². The molecule has 1 aromatic rings. The summed E-state index contributed by atoms with van der Waals surface area (Å²) in [6, 6.07) is 3.36. The van der Waals surface area contributed by atoms with Crippen molar-refractivity contribution in [2.24, 2.45) is 0 Å². The molecule has 0 aliphatic heterocycles. The van der Waals surface area contributed by atoms with Crippen molar-refractivity contribution in [1.82, 2.24) is 0 Å². The van der Waals surface area contributed by atoms with E-state index < -0.39 is 11.2 Å². The number of hydrogen-bond donors (Lipinski definition) is 1. The van der Waals surface area contributed by atoms with Crippen LogP contribution in [0.15, 0.2) is 23.2 Å². The van der Waals surface area contributed by atoms with Crippen LogP contribution in [0.3, 0.4) is 0 Å². The van der Waals surface area contributed by atoms with Crippen molar-refractivity contribution in [2.75, 3.05) is 19.8 Å². The third-order valence-electron chi connectivity index (χ3n) is 3.50. The lowest BCUT2D eigenvalue weighted by Crippen LogP contribution is -2.07. The Bertz CT molecular complexity index is 571. The maximum absolute atomic E-state index is 12.1. The second kappa shape index (κ2) is 10.6. The van der Waals surface area contributed by atoms with Crippen molar-refractivity contribution in [1.29, 1.82) is 0 Å². The molecule has 1 N–H and O–H groups in total. The van der Waals surface area contributed by atoms with Gasteiger partial charge >= 0.3 is 6.18 Å². The smallest absolute Gasteiger partial charge is 0.426 e. The number of unbranched alkanes of at least 4 members (excludes halogenated alkanes) is 1. The summed E-state index contributed by atoms with van der Waals surface area (Å²) in [5.41, 5.74) is 1.85. The van der Waals surface area contributed by atoms with Gasteiger partial charge in [0, 0.05) is 6.61 Å². The number of ether oxygens (including phenoxy) is 2. The number of hydrogen-bond acceptors (Lipinski definition) is 3. The van der Waals surface area contributed by atoms with Crippen LogP contribution in [-0.2, 0) is 11.2 Å². The average Bonchev–Trinajstić information content (AvgIpc) is 2.53. The van der Waals surface area contributed by atoms with Gasteiger partial charge in [-0.05, 0) is 55.9 Å². The predicted molar refractivity (Wildman–Crippen MR) is 92.4 cm³/mol. The Labute approximate surface area is 151 Å². The third kappa shape index (κ3) is 8.01. The van der Waals surface area contributed by atoms with Crippen molar-refractivity contribution in [3.63, 3.8) is 0 Å². The first-order valence-corrected chi connectivity index (χ1v) is 8.59. The number of benzene rings is 1. The van der Waals surface area contributed by atoms with Gasteiger partial charge in [0.2, 0.25) is 0 Å². The Balaban J connectivity index is 2.20. The second-order valence-electron chi connectivity index (χ2n) is 5.61. The summed E-state index contributed by atoms with van der Waals surface area (Å²) >= 11 is 5.09. The largest absolute Gasteiger partial charge is 0.508 e. The number of aromatic hydroxyl groups is 1. The molecule has 1 aromatic carbocycles.